The summed E-state index contributed by atoms with van der Waals surface area (Å²) in [6, 6.07) is 7.19. The first-order valence-electron chi connectivity index (χ1n) is 12.7. The Morgan fingerprint density at radius 2 is 1.82 bits per heavy atom. The summed E-state index contributed by atoms with van der Waals surface area (Å²) in [7, 11) is 1.71. The summed E-state index contributed by atoms with van der Waals surface area (Å²) in [6.07, 6.45) is 9.06. The number of thioether (sulfide) groups is 1. The highest BCUT2D eigenvalue weighted by Crippen LogP contribution is 2.38. The molecule has 0 bridgehead atoms. The Hall–Kier alpha value is -1.77. The summed E-state index contributed by atoms with van der Waals surface area (Å²) in [5.74, 6) is 4.00. The van der Waals surface area contributed by atoms with Gasteiger partial charge in [0, 0.05) is 43.2 Å². The number of carbonyl (C=O) groups is 1. The molecule has 3 fully saturated rings. The number of ether oxygens (including phenoxy) is 1. The molecule has 0 spiro atoms. The number of nitrogens with one attached hydrogen (secondary N) is 1. The van der Waals surface area contributed by atoms with E-state index in [4.69, 9.17) is 9.72 Å². The molecular weight excluding hydrogens is 464 g/mol. The van der Waals surface area contributed by atoms with Gasteiger partial charge in [-0.05, 0) is 60.8 Å². The first-order chi connectivity index (χ1) is 16.7. The lowest BCUT2D eigenvalue weighted by molar-refractivity contribution is 0.108. The van der Waals surface area contributed by atoms with Crippen LogP contribution in [0.3, 0.4) is 0 Å². The molecule has 1 aliphatic carbocycles. The van der Waals surface area contributed by atoms with E-state index in [9.17, 15) is 4.79 Å². The van der Waals surface area contributed by atoms with Crippen molar-refractivity contribution in [1.29, 1.82) is 0 Å². The van der Waals surface area contributed by atoms with E-state index in [-0.39, 0.29) is 6.03 Å². The minimum atomic E-state index is -0.0392. The van der Waals surface area contributed by atoms with Gasteiger partial charge in [-0.25, -0.2) is 9.78 Å². The third-order valence-electron chi connectivity index (χ3n) is 7.60. The molecule has 8 heteroatoms. The van der Waals surface area contributed by atoms with Crippen LogP contribution in [0.4, 0.5) is 9.93 Å². The van der Waals surface area contributed by atoms with Crippen LogP contribution in [0.2, 0.25) is 0 Å². The molecule has 2 amide bonds. The summed E-state index contributed by atoms with van der Waals surface area (Å²) >= 11 is 3.55. The molecule has 34 heavy (non-hydrogen) atoms. The van der Waals surface area contributed by atoms with Crippen LogP contribution in [0.5, 0.6) is 5.75 Å². The Bertz CT molecular complexity index is 961. The van der Waals surface area contributed by atoms with E-state index in [1.165, 1.54) is 73.4 Å². The molecule has 5 rings (SSSR count). The monoisotopic (exact) mass is 500 g/mol. The van der Waals surface area contributed by atoms with Crippen molar-refractivity contribution in [3.05, 3.63) is 29.1 Å². The van der Waals surface area contributed by atoms with Gasteiger partial charge in [0.05, 0.1) is 12.8 Å². The van der Waals surface area contributed by atoms with Gasteiger partial charge in [0.2, 0.25) is 0 Å². The molecule has 2 aliphatic heterocycles. The van der Waals surface area contributed by atoms with Crippen molar-refractivity contribution in [2.45, 2.75) is 56.9 Å². The predicted octanol–water partition coefficient (Wildman–Crippen LogP) is 5.91. The van der Waals surface area contributed by atoms with Crippen molar-refractivity contribution in [3.8, 4) is 17.0 Å². The largest absolute Gasteiger partial charge is 0.496 e. The van der Waals surface area contributed by atoms with Crippen LogP contribution < -0.4 is 10.1 Å². The quantitative estimate of drug-likeness (QED) is 0.553. The first kappa shape index (κ1) is 23.9. The second-order valence-corrected chi connectivity index (χ2v) is 11.7. The van der Waals surface area contributed by atoms with Gasteiger partial charge in [-0.2, -0.15) is 11.8 Å². The number of urea groups is 1. The minimum Gasteiger partial charge on any atom is -0.496 e. The lowest BCUT2D eigenvalue weighted by atomic mass is 9.83. The Morgan fingerprint density at radius 3 is 2.56 bits per heavy atom. The fourth-order valence-corrected chi connectivity index (χ4v) is 7.36. The van der Waals surface area contributed by atoms with Crippen molar-refractivity contribution in [2.24, 2.45) is 0 Å². The Labute approximate surface area is 211 Å². The summed E-state index contributed by atoms with van der Waals surface area (Å²) in [6.45, 7) is 3.50. The number of hydrogen-bond acceptors (Lipinski definition) is 6. The van der Waals surface area contributed by atoms with Crippen molar-refractivity contribution in [1.82, 2.24) is 14.8 Å². The molecule has 1 aromatic heterocycles. The molecule has 0 atom stereocenters. The van der Waals surface area contributed by atoms with E-state index >= 15 is 0 Å². The fraction of sp³-hybridized carbons (Fsp3) is 0.615. The van der Waals surface area contributed by atoms with Crippen molar-refractivity contribution in [2.75, 3.05) is 50.1 Å². The number of rotatable bonds is 5. The van der Waals surface area contributed by atoms with Crippen molar-refractivity contribution in [3.63, 3.8) is 0 Å². The van der Waals surface area contributed by atoms with Gasteiger partial charge >= 0.3 is 6.03 Å². The molecule has 1 aromatic carbocycles. The van der Waals surface area contributed by atoms with E-state index < -0.39 is 0 Å². The molecule has 184 valence electrons. The zero-order chi connectivity index (χ0) is 23.3. The highest BCUT2D eigenvalue weighted by molar-refractivity contribution is 7.99. The standard InChI is InChI=1S/C26H36N4O2S2/c1-32-24-8-7-20(19-5-3-2-4-6-19)17-22(24)23-18-34-25(27-23)28-26(31)30-13-11-29(12-14-30)21-9-15-33-16-10-21/h7-8,17-19,21H,2-6,9-16H2,1H3,(H,27,28,31). The number of piperazine rings is 1. The second kappa shape index (κ2) is 11.3. The number of carbonyl (C=O) groups excluding carboxylic acids is 1. The molecular formula is C26H36N4O2S2. The van der Waals surface area contributed by atoms with Crippen LogP contribution in [-0.4, -0.2) is 71.7 Å². The van der Waals surface area contributed by atoms with E-state index in [0.717, 1.165) is 43.2 Å². The number of amides is 2. The summed E-state index contributed by atoms with van der Waals surface area (Å²) in [5.41, 5.74) is 3.26. The summed E-state index contributed by atoms with van der Waals surface area (Å²) in [5, 5.41) is 5.72. The highest BCUT2D eigenvalue weighted by Gasteiger charge is 2.27. The van der Waals surface area contributed by atoms with Gasteiger partial charge in [0.15, 0.2) is 5.13 Å². The molecule has 0 radical (unpaired) electrons. The molecule has 0 unspecified atom stereocenters. The maximum Gasteiger partial charge on any atom is 0.323 e. The van der Waals surface area contributed by atoms with Crippen LogP contribution >= 0.6 is 23.1 Å². The number of benzene rings is 1. The topological polar surface area (TPSA) is 57.7 Å². The predicted molar refractivity (Wildman–Crippen MR) is 142 cm³/mol. The lowest BCUT2D eigenvalue weighted by Gasteiger charge is -2.40. The smallest absolute Gasteiger partial charge is 0.323 e. The normalized spacial score (nSPS) is 20.9. The molecule has 1 saturated carbocycles. The zero-order valence-corrected chi connectivity index (χ0v) is 21.8. The average molecular weight is 501 g/mol. The van der Waals surface area contributed by atoms with E-state index in [1.807, 2.05) is 10.3 Å². The van der Waals surface area contributed by atoms with Crippen LogP contribution in [0.25, 0.3) is 11.3 Å². The maximum atomic E-state index is 12.9. The third-order valence-corrected chi connectivity index (χ3v) is 9.41. The first-order valence-corrected chi connectivity index (χ1v) is 14.8. The number of nitrogens with zero attached hydrogens (tertiary/aromatic N) is 3. The number of thiazole rings is 1. The van der Waals surface area contributed by atoms with Gasteiger partial charge in [-0.15, -0.1) is 11.3 Å². The summed E-state index contributed by atoms with van der Waals surface area (Å²) in [4.78, 5) is 22.2. The number of hydrogen-bond donors (Lipinski definition) is 1. The highest BCUT2D eigenvalue weighted by atomic mass is 32.2. The van der Waals surface area contributed by atoms with Crippen LogP contribution in [0, 0.1) is 0 Å². The van der Waals surface area contributed by atoms with E-state index in [0.29, 0.717) is 17.1 Å². The molecule has 3 heterocycles. The van der Waals surface area contributed by atoms with Gasteiger partial charge in [0.25, 0.3) is 0 Å². The van der Waals surface area contributed by atoms with Crippen LogP contribution in [-0.2, 0) is 0 Å². The second-order valence-electron chi connectivity index (χ2n) is 9.63. The Kier molecular flexibility index (Phi) is 7.97. The lowest BCUT2D eigenvalue weighted by Crippen LogP contribution is -2.53. The molecule has 1 N–H and O–H groups in total. The molecule has 2 saturated heterocycles. The summed E-state index contributed by atoms with van der Waals surface area (Å²) < 4.78 is 5.65. The van der Waals surface area contributed by atoms with Gasteiger partial charge in [0.1, 0.15) is 5.75 Å². The van der Waals surface area contributed by atoms with Crippen molar-refractivity contribution >= 4 is 34.3 Å². The average Bonchev–Trinajstić information content (AvgIpc) is 3.37. The third kappa shape index (κ3) is 5.55. The van der Waals surface area contributed by atoms with E-state index in [2.05, 4.69) is 40.2 Å². The van der Waals surface area contributed by atoms with Gasteiger partial charge < -0.3 is 9.64 Å². The maximum absolute atomic E-state index is 12.9. The zero-order valence-electron chi connectivity index (χ0n) is 20.1. The van der Waals surface area contributed by atoms with Gasteiger partial charge in [-0.1, -0.05) is 25.3 Å². The molecule has 2 aromatic rings. The van der Waals surface area contributed by atoms with Crippen LogP contribution in [0.15, 0.2) is 23.6 Å². The van der Waals surface area contributed by atoms with Crippen molar-refractivity contribution < 1.29 is 9.53 Å². The van der Waals surface area contributed by atoms with E-state index in [1.54, 1.807) is 7.11 Å². The molecule has 6 nitrogen and oxygen atoms in total. The Balaban J connectivity index is 1.21. The number of methoxy groups -OCH3 is 1. The Morgan fingerprint density at radius 1 is 1.06 bits per heavy atom. The fourth-order valence-electron chi connectivity index (χ4n) is 5.58. The van der Waals surface area contributed by atoms with Crippen LogP contribution in [0.1, 0.15) is 56.4 Å². The SMILES string of the molecule is COc1ccc(C2CCCCC2)cc1-c1csc(NC(=O)N2CCN(C3CCSCC3)CC2)n1. The number of anilines is 1. The van der Waals surface area contributed by atoms with Gasteiger partial charge in [-0.3, -0.25) is 10.2 Å². The molecule has 3 aliphatic rings. The minimum absolute atomic E-state index is 0.0392. The number of aromatic nitrogens is 1.